The number of carbonyl (C=O) groups excluding carboxylic acids is 7. The molecule has 1 aromatic heterocycles. The van der Waals surface area contributed by atoms with Gasteiger partial charge >= 0.3 is 5.97 Å². The number of aromatic hydroxyl groups is 1. The van der Waals surface area contributed by atoms with Gasteiger partial charge in [0.05, 0.1) is 18.2 Å². The Labute approximate surface area is 429 Å². The maximum absolute atomic E-state index is 14.8. The van der Waals surface area contributed by atoms with E-state index in [-0.39, 0.29) is 48.6 Å². The number of hydrogen-bond acceptors (Lipinski definition) is 15. The molecule has 1 aliphatic rings. The van der Waals surface area contributed by atoms with Gasteiger partial charge in [-0.3, -0.25) is 33.6 Å². The molecule has 5 rings (SSSR count). The highest BCUT2D eigenvalue weighted by Gasteiger charge is 2.38. The smallest absolute Gasteiger partial charge is 0.328 e. The number of hydrogen-bond donors (Lipinski definition) is 14. The molecule has 73 heavy (non-hydrogen) atoms. The number of phenolic OH excluding ortho intramolecular Hbond substituents is 1. The first-order valence-corrected chi connectivity index (χ1v) is 26.1. The minimum absolute atomic E-state index is 0.0291. The quantitative estimate of drug-likeness (QED) is 0.0463. The van der Waals surface area contributed by atoms with Gasteiger partial charge < -0.3 is 73.7 Å². The first kappa shape index (κ1) is 57.2. The Balaban J connectivity index is 1.61. The van der Waals surface area contributed by atoms with E-state index < -0.39 is 108 Å². The number of phenols is 1. The molecule has 7 amide bonds. The van der Waals surface area contributed by atoms with Gasteiger partial charge in [-0.15, -0.1) is 0 Å². The van der Waals surface area contributed by atoms with Crippen LogP contribution in [-0.2, 0) is 51.2 Å². The third kappa shape index (κ3) is 16.7. The van der Waals surface area contributed by atoms with Crippen LogP contribution in [0.4, 0.5) is 0 Å². The summed E-state index contributed by atoms with van der Waals surface area (Å²) in [5.41, 5.74) is 7.95. The predicted molar refractivity (Wildman–Crippen MR) is 274 cm³/mol. The third-order valence-electron chi connectivity index (χ3n) is 11.9. The lowest BCUT2D eigenvalue weighted by molar-refractivity contribution is -0.145. The number of para-hydroxylation sites is 1. The van der Waals surface area contributed by atoms with Crippen LogP contribution in [0.5, 0.6) is 5.75 Å². The number of aromatic amines is 1. The topological polar surface area (TPSA) is 356 Å². The molecule has 0 bridgehead atoms. The van der Waals surface area contributed by atoms with Crippen LogP contribution in [0.2, 0.25) is 0 Å². The predicted octanol–water partition coefficient (Wildman–Crippen LogP) is -0.617. The second kappa shape index (κ2) is 27.9. The summed E-state index contributed by atoms with van der Waals surface area (Å²) in [5.74, 6) is -8.42. The molecule has 1 saturated heterocycles. The zero-order valence-electron chi connectivity index (χ0n) is 40.5. The fraction of sp³-hybridized carbons (Fsp3) is 0.429. The molecule has 10 atom stereocenters. The van der Waals surface area contributed by atoms with Gasteiger partial charge in [0.2, 0.25) is 41.4 Å². The van der Waals surface area contributed by atoms with Crippen LogP contribution in [0, 0.1) is 0 Å². The molecule has 3 aromatic carbocycles. The molecule has 24 heteroatoms. The average Bonchev–Trinajstić information content (AvgIpc) is 3.79. The Morgan fingerprint density at radius 3 is 2.07 bits per heavy atom. The Bertz CT molecular complexity index is 2530. The number of benzene rings is 3. The number of carboxylic acids is 1. The van der Waals surface area contributed by atoms with Gasteiger partial charge in [0.25, 0.3) is 0 Å². The van der Waals surface area contributed by atoms with Crippen molar-refractivity contribution in [3.8, 4) is 5.75 Å². The van der Waals surface area contributed by atoms with Crippen molar-refractivity contribution in [3.05, 3.63) is 102 Å². The largest absolute Gasteiger partial charge is 0.508 e. The number of unbranched alkanes of at least 4 members (excludes halogenated alkanes) is 1. The summed E-state index contributed by atoms with van der Waals surface area (Å²) in [6.07, 6.45) is -0.933. The Morgan fingerprint density at radius 2 is 1.41 bits per heavy atom. The lowest BCUT2D eigenvalue weighted by Crippen LogP contribution is -2.62. The average molecular weight is 1050 g/mol. The van der Waals surface area contributed by atoms with Crippen molar-refractivity contribution in [1.29, 1.82) is 0 Å². The summed E-state index contributed by atoms with van der Waals surface area (Å²) in [7, 11) is 3.48. The summed E-state index contributed by atoms with van der Waals surface area (Å²) >= 11 is 0. The molecule has 1 aliphatic heterocycles. The number of aliphatic carboxylic acids is 1. The third-order valence-corrected chi connectivity index (χ3v) is 14.4. The van der Waals surface area contributed by atoms with Crippen molar-refractivity contribution < 1.29 is 58.8 Å². The lowest BCUT2D eigenvalue weighted by Gasteiger charge is -2.29. The van der Waals surface area contributed by atoms with E-state index in [1.165, 1.54) is 25.3 Å². The maximum atomic E-state index is 14.8. The zero-order chi connectivity index (χ0) is 53.2. The monoisotopic (exact) mass is 1050 g/mol. The van der Waals surface area contributed by atoms with Crippen molar-refractivity contribution in [2.75, 3.05) is 25.1 Å². The number of fused-ring (bicyclic) bond motifs is 1. The van der Waals surface area contributed by atoms with Crippen LogP contribution < -0.4 is 48.3 Å². The van der Waals surface area contributed by atoms with Gasteiger partial charge in [0, 0.05) is 40.6 Å². The molecule has 4 aromatic rings. The molecule has 0 saturated carbocycles. The number of carbonyl (C=O) groups is 8. The Morgan fingerprint density at radius 1 is 0.753 bits per heavy atom. The highest BCUT2D eigenvalue weighted by atomic mass is 33.1. The molecule has 22 nitrogen and oxygen atoms in total. The number of likely N-dealkylation sites (N-methyl/N-ethyl adjacent to an activating group) is 1. The number of aliphatic hydroxyl groups excluding tert-OH is 2. The number of nitrogens with one attached hydrogen (secondary N) is 9. The molecule has 10 unspecified atom stereocenters. The molecule has 1 fully saturated rings. The van der Waals surface area contributed by atoms with Gasteiger partial charge in [-0.25, -0.2) is 4.79 Å². The van der Waals surface area contributed by atoms with E-state index >= 15 is 0 Å². The van der Waals surface area contributed by atoms with Crippen LogP contribution in [-0.4, -0.2) is 152 Å². The second-order valence-electron chi connectivity index (χ2n) is 17.5. The number of amides is 7. The normalized spacial score (nSPS) is 22.5. The summed E-state index contributed by atoms with van der Waals surface area (Å²) in [6, 6.07) is 10.1. The van der Waals surface area contributed by atoms with E-state index in [2.05, 4.69) is 47.5 Å². The van der Waals surface area contributed by atoms with Gasteiger partial charge in [-0.2, -0.15) is 0 Å². The minimum atomic E-state index is -1.81. The van der Waals surface area contributed by atoms with Gasteiger partial charge in [-0.05, 0) is 82.4 Å². The zero-order valence-corrected chi connectivity index (χ0v) is 42.1. The molecule has 0 radical (unpaired) electrons. The standard InChI is InChI=1S/C49H64N10O12S2/c1-26(60)39-47(68)56-38(46(67)58-40(27(2)61)49(70)71)25-73-72-24-37(55-43(64)35(51-3)21-28-11-5-4-6-12-28)45(66)54-36(22-29-16-18-30(62)19-17-29)44(65)59-41(32-23-52-33-14-8-7-13-31(32)33)48(69)53-34(42(63)57-39)15-9-10-20-50/h4-8,11-14,16-19,23,26-27,34-41,51-52,60-62H,9-10,15,20-22,24-25,50H2,1-3H3,(H,53,69)(H,54,66)(H,55,64)(H,56,68)(H,57,63)(H,58,67)(H,59,65)(H,70,71). The van der Waals surface area contributed by atoms with Gasteiger partial charge in [-0.1, -0.05) is 82.3 Å². The first-order chi connectivity index (χ1) is 34.9. The second-order valence-corrected chi connectivity index (χ2v) is 20.1. The van der Waals surface area contributed by atoms with Crippen LogP contribution >= 0.6 is 21.6 Å². The van der Waals surface area contributed by atoms with Crippen molar-refractivity contribution >= 4 is 79.8 Å². The van der Waals surface area contributed by atoms with Crippen LogP contribution in [0.1, 0.15) is 55.8 Å². The van der Waals surface area contributed by atoms with Crippen LogP contribution in [0.15, 0.2) is 85.1 Å². The summed E-state index contributed by atoms with van der Waals surface area (Å²) in [5, 5.41) is 62.6. The first-order valence-electron chi connectivity index (χ1n) is 23.6. The van der Waals surface area contributed by atoms with Crippen molar-refractivity contribution in [1.82, 2.24) is 47.5 Å². The fourth-order valence-corrected chi connectivity index (χ4v) is 10.2. The van der Waals surface area contributed by atoms with Crippen molar-refractivity contribution in [3.63, 3.8) is 0 Å². The number of carboxylic acid groups (broad SMARTS) is 1. The SMILES string of the molecule is CNC(Cc1ccccc1)C(=O)NC1CSSCC(C(=O)NC(C(=O)O)C(C)O)NC(=O)C(C(C)O)NC(=O)C(CCCCN)NC(=O)C(c2c[nH]c3ccccc23)NC(=O)C(Cc2ccc(O)cc2)NC1=O. The number of aromatic nitrogens is 1. The Kier molecular flexibility index (Phi) is 21.9. The van der Waals surface area contributed by atoms with E-state index in [9.17, 15) is 58.8 Å². The van der Waals surface area contributed by atoms with Gasteiger partial charge in [0.1, 0.15) is 42.0 Å². The number of rotatable bonds is 17. The summed E-state index contributed by atoms with van der Waals surface area (Å²) < 4.78 is 0. The Hall–Kier alpha value is -6.70. The summed E-state index contributed by atoms with van der Waals surface area (Å²) in [6.45, 7) is 2.57. The maximum Gasteiger partial charge on any atom is 0.328 e. The fourth-order valence-electron chi connectivity index (χ4n) is 7.84. The molecule has 394 valence electrons. The molecule has 0 aliphatic carbocycles. The summed E-state index contributed by atoms with van der Waals surface area (Å²) in [4.78, 5) is 115. The number of H-pyrrole nitrogens is 1. The van der Waals surface area contributed by atoms with Crippen molar-refractivity contribution in [2.45, 2.75) is 106 Å². The molecular formula is C49H64N10O12S2. The molecule has 15 N–H and O–H groups in total. The number of nitrogens with two attached hydrogens (primary N) is 1. The van der Waals surface area contributed by atoms with Crippen molar-refractivity contribution in [2.24, 2.45) is 5.73 Å². The highest BCUT2D eigenvalue weighted by Crippen LogP contribution is 2.27. The highest BCUT2D eigenvalue weighted by molar-refractivity contribution is 8.76. The van der Waals surface area contributed by atoms with E-state index in [0.717, 1.165) is 34.1 Å². The minimum Gasteiger partial charge on any atom is -0.508 e. The van der Waals surface area contributed by atoms with E-state index in [4.69, 9.17) is 5.73 Å². The van der Waals surface area contributed by atoms with Crippen LogP contribution in [0.3, 0.4) is 0 Å². The van der Waals surface area contributed by atoms with Gasteiger partial charge in [0.15, 0.2) is 6.04 Å². The van der Waals surface area contributed by atoms with Crippen LogP contribution in [0.25, 0.3) is 10.9 Å². The molecule has 0 spiro atoms. The van der Waals surface area contributed by atoms with E-state index in [1.54, 1.807) is 43.4 Å². The van der Waals surface area contributed by atoms with E-state index in [1.807, 2.05) is 30.3 Å². The molecule has 2 heterocycles. The lowest BCUT2D eigenvalue weighted by atomic mass is 10.0. The molecular weight excluding hydrogens is 985 g/mol. The number of aliphatic hydroxyl groups is 2. The van der Waals surface area contributed by atoms with E-state index in [0.29, 0.717) is 29.3 Å².